The summed E-state index contributed by atoms with van der Waals surface area (Å²) in [5, 5.41) is 14.2. The van der Waals surface area contributed by atoms with Gasteiger partial charge in [-0.25, -0.2) is 9.48 Å². The molecule has 150 valence electrons. The van der Waals surface area contributed by atoms with Crippen LogP contribution in [0.3, 0.4) is 0 Å². The molecule has 3 rings (SSSR count). The van der Waals surface area contributed by atoms with Crippen molar-refractivity contribution in [2.24, 2.45) is 0 Å². The van der Waals surface area contributed by atoms with E-state index in [0.717, 1.165) is 18.4 Å². The van der Waals surface area contributed by atoms with Crippen LogP contribution in [0.15, 0.2) is 48.5 Å². The van der Waals surface area contributed by atoms with Crippen LogP contribution in [0.2, 0.25) is 0 Å². The van der Waals surface area contributed by atoms with Crippen molar-refractivity contribution < 1.29 is 14.3 Å². The lowest BCUT2D eigenvalue weighted by Crippen LogP contribution is -2.16. The predicted molar refractivity (Wildman–Crippen MR) is 107 cm³/mol. The molecule has 0 atom stereocenters. The van der Waals surface area contributed by atoms with Gasteiger partial charge in [-0.05, 0) is 48.0 Å². The highest BCUT2D eigenvalue weighted by molar-refractivity contribution is 6.08. The number of anilines is 1. The number of tetrazole rings is 1. The van der Waals surface area contributed by atoms with E-state index in [0.29, 0.717) is 23.6 Å². The topological polar surface area (TPSA) is 99.0 Å². The highest BCUT2D eigenvalue weighted by Gasteiger charge is 2.17. The zero-order valence-electron chi connectivity index (χ0n) is 16.5. The molecule has 0 unspecified atom stereocenters. The molecule has 8 heteroatoms. The Morgan fingerprint density at radius 1 is 1.14 bits per heavy atom. The Labute approximate surface area is 168 Å². The van der Waals surface area contributed by atoms with Crippen molar-refractivity contribution >= 4 is 17.6 Å². The van der Waals surface area contributed by atoms with E-state index in [2.05, 4.69) is 27.8 Å². The highest BCUT2D eigenvalue weighted by atomic mass is 16.5. The fourth-order valence-corrected chi connectivity index (χ4v) is 2.77. The van der Waals surface area contributed by atoms with E-state index in [1.54, 1.807) is 41.1 Å². The van der Waals surface area contributed by atoms with Gasteiger partial charge >= 0.3 is 5.97 Å². The van der Waals surface area contributed by atoms with Crippen LogP contribution < -0.4 is 5.32 Å². The molecule has 0 fully saturated rings. The summed E-state index contributed by atoms with van der Waals surface area (Å²) in [6.45, 7) is 4.61. The zero-order chi connectivity index (χ0) is 20.6. The molecule has 1 aromatic heterocycles. The fourth-order valence-electron chi connectivity index (χ4n) is 2.77. The van der Waals surface area contributed by atoms with Crippen molar-refractivity contribution in [3.63, 3.8) is 0 Å². The molecule has 0 radical (unpaired) electrons. The van der Waals surface area contributed by atoms with Gasteiger partial charge < -0.3 is 10.1 Å². The third kappa shape index (κ3) is 5.25. The first kappa shape index (κ1) is 20.2. The molecule has 1 N–H and O–H groups in total. The van der Waals surface area contributed by atoms with Crippen LogP contribution >= 0.6 is 0 Å². The number of carbonyl (C=O) groups excluding carboxylic acids is 2. The monoisotopic (exact) mass is 393 g/mol. The third-order valence-electron chi connectivity index (χ3n) is 4.34. The van der Waals surface area contributed by atoms with Gasteiger partial charge in [0.05, 0.1) is 11.3 Å². The van der Waals surface area contributed by atoms with Crippen LogP contribution in [0.1, 0.15) is 51.9 Å². The van der Waals surface area contributed by atoms with Gasteiger partial charge in [0.1, 0.15) is 0 Å². The molecule has 0 spiro atoms. The molecular formula is C21H23N5O3. The van der Waals surface area contributed by atoms with Crippen molar-refractivity contribution in [1.29, 1.82) is 0 Å². The Morgan fingerprint density at radius 3 is 2.76 bits per heavy atom. The minimum Gasteiger partial charge on any atom is -0.454 e. The number of esters is 1. The van der Waals surface area contributed by atoms with Crippen molar-refractivity contribution in [2.75, 3.05) is 5.32 Å². The Morgan fingerprint density at radius 2 is 1.97 bits per heavy atom. The summed E-state index contributed by atoms with van der Waals surface area (Å²) in [4.78, 5) is 25.1. The molecule has 2 aromatic carbocycles. The van der Waals surface area contributed by atoms with E-state index in [9.17, 15) is 9.59 Å². The minimum atomic E-state index is -0.560. The van der Waals surface area contributed by atoms with Crippen molar-refractivity contribution in [3.05, 3.63) is 71.0 Å². The number of para-hydroxylation sites is 1. The molecule has 29 heavy (non-hydrogen) atoms. The quantitative estimate of drug-likeness (QED) is 0.589. The van der Waals surface area contributed by atoms with E-state index >= 15 is 0 Å². The van der Waals surface area contributed by atoms with Gasteiger partial charge in [0, 0.05) is 12.1 Å². The maximum Gasteiger partial charge on any atom is 0.340 e. The first-order valence-corrected chi connectivity index (χ1v) is 9.47. The lowest BCUT2D eigenvalue weighted by molar-refractivity contribution is 0.0457. The summed E-state index contributed by atoms with van der Waals surface area (Å²) in [6, 6.07) is 14.0. The second kappa shape index (κ2) is 9.59. The van der Waals surface area contributed by atoms with Gasteiger partial charge in [0.25, 0.3) is 5.91 Å². The van der Waals surface area contributed by atoms with Gasteiger partial charge in [-0.3, -0.25) is 4.79 Å². The third-order valence-corrected chi connectivity index (χ3v) is 4.34. The second-order valence-corrected chi connectivity index (χ2v) is 6.62. The number of nitrogens with zero attached hydrogens (tertiary/aromatic N) is 4. The number of unbranched alkanes of at least 4 members (excludes halogenated alkanes) is 1. The molecule has 0 saturated carbocycles. The highest BCUT2D eigenvalue weighted by Crippen LogP contribution is 2.18. The lowest BCUT2D eigenvalue weighted by Gasteiger charge is -2.11. The largest absolute Gasteiger partial charge is 0.454 e. The van der Waals surface area contributed by atoms with Gasteiger partial charge in [-0.15, -0.1) is 5.10 Å². The Balaban J connectivity index is 1.69. The number of nitrogens with one attached hydrogen (secondary N) is 1. The van der Waals surface area contributed by atoms with Crippen LogP contribution in [0, 0.1) is 6.92 Å². The fraction of sp³-hybridized carbons (Fsp3) is 0.286. The molecule has 1 heterocycles. The van der Waals surface area contributed by atoms with Crippen LogP contribution in [0.5, 0.6) is 0 Å². The molecule has 0 aliphatic heterocycles. The van der Waals surface area contributed by atoms with Crippen LogP contribution in [-0.2, 0) is 17.9 Å². The number of aromatic nitrogens is 4. The molecule has 3 aromatic rings. The van der Waals surface area contributed by atoms with E-state index < -0.39 is 5.97 Å². The number of rotatable bonds is 8. The molecule has 0 bridgehead atoms. The Kier molecular flexibility index (Phi) is 6.67. The molecule has 0 saturated heterocycles. The average molecular weight is 393 g/mol. The first-order chi connectivity index (χ1) is 14.1. The average Bonchev–Trinajstić information content (AvgIpc) is 3.18. The lowest BCUT2D eigenvalue weighted by atomic mass is 10.1. The minimum absolute atomic E-state index is 0.0459. The normalized spacial score (nSPS) is 10.6. The van der Waals surface area contributed by atoms with Crippen molar-refractivity contribution in [1.82, 2.24) is 20.2 Å². The summed E-state index contributed by atoms with van der Waals surface area (Å²) in [7, 11) is 0. The molecular weight excluding hydrogens is 370 g/mol. The Bertz CT molecular complexity index is 999. The SMILES string of the molecule is CCCCn1nnnc1COC(=O)c1ccccc1NC(=O)c1cccc(C)c1. The zero-order valence-corrected chi connectivity index (χ0v) is 16.5. The number of benzene rings is 2. The van der Waals surface area contributed by atoms with E-state index in [-0.39, 0.29) is 18.1 Å². The maximum absolute atomic E-state index is 12.6. The number of hydrogen-bond donors (Lipinski definition) is 1. The van der Waals surface area contributed by atoms with Crippen LogP contribution in [0.25, 0.3) is 0 Å². The number of amides is 1. The second-order valence-electron chi connectivity index (χ2n) is 6.62. The summed E-state index contributed by atoms with van der Waals surface area (Å²) < 4.78 is 7.01. The molecule has 8 nitrogen and oxygen atoms in total. The van der Waals surface area contributed by atoms with Crippen LogP contribution in [0.4, 0.5) is 5.69 Å². The predicted octanol–water partition coefficient (Wildman–Crippen LogP) is 3.39. The van der Waals surface area contributed by atoms with Gasteiger partial charge in [-0.2, -0.15) is 0 Å². The van der Waals surface area contributed by atoms with E-state index in [1.807, 2.05) is 19.1 Å². The summed E-state index contributed by atoms with van der Waals surface area (Å²) in [5.74, 6) is -0.374. The van der Waals surface area contributed by atoms with Gasteiger partial charge in [0.15, 0.2) is 12.4 Å². The van der Waals surface area contributed by atoms with Gasteiger partial charge in [0.2, 0.25) is 0 Å². The summed E-state index contributed by atoms with van der Waals surface area (Å²) in [6.07, 6.45) is 1.94. The van der Waals surface area contributed by atoms with Crippen molar-refractivity contribution in [3.8, 4) is 0 Å². The molecule has 0 aliphatic rings. The standard InChI is InChI=1S/C21H23N5O3/c1-3-4-12-26-19(23-24-25-26)14-29-21(28)17-10-5-6-11-18(17)22-20(27)16-9-7-8-15(2)13-16/h5-11,13H,3-4,12,14H2,1-2H3,(H,22,27). The summed E-state index contributed by atoms with van der Waals surface area (Å²) >= 11 is 0. The first-order valence-electron chi connectivity index (χ1n) is 9.47. The molecule has 1 amide bonds. The smallest absolute Gasteiger partial charge is 0.340 e. The number of ether oxygens (including phenoxy) is 1. The van der Waals surface area contributed by atoms with Crippen LogP contribution in [-0.4, -0.2) is 32.1 Å². The maximum atomic E-state index is 12.6. The van der Waals surface area contributed by atoms with E-state index in [4.69, 9.17) is 4.74 Å². The Hall–Kier alpha value is -3.55. The van der Waals surface area contributed by atoms with Gasteiger partial charge in [-0.1, -0.05) is 43.2 Å². The number of hydrogen-bond acceptors (Lipinski definition) is 6. The summed E-state index contributed by atoms with van der Waals surface area (Å²) in [5.41, 5.74) is 2.14. The molecule has 0 aliphatic carbocycles. The number of carbonyl (C=O) groups is 2. The van der Waals surface area contributed by atoms with E-state index in [1.165, 1.54) is 0 Å². The van der Waals surface area contributed by atoms with Crippen molar-refractivity contribution in [2.45, 2.75) is 39.8 Å². The number of aryl methyl sites for hydroxylation is 2.